The lowest BCUT2D eigenvalue weighted by Gasteiger charge is -2.42. The van der Waals surface area contributed by atoms with E-state index in [0.717, 1.165) is 19.5 Å². The van der Waals surface area contributed by atoms with E-state index in [9.17, 15) is 9.50 Å². The van der Waals surface area contributed by atoms with Crippen LogP contribution in [-0.4, -0.2) is 28.6 Å². The van der Waals surface area contributed by atoms with Crippen LogP contribution in [0.2, 0.25) is 0 Å². The fourth-order valence-electron chi connectivity index (χ4n) is 2.96. The zero-order chi connectivity index (χ0) is 14.0. The summed E-state index contributed by atoms with van der Waals surface area (Å²) in [6, 6.07) is 5.06. The maximum absolute atomic E-state index is 13.7. The maximum atomic E-state index is 13.7. The molecule has 0 spiro atoms. The van der Waals surface area contributed by atoms with Crippen LogP contribution in [0.3, 0.4) is 0 Å². The van der Waals surface area contributed by atoms with E-state index in [4.69, 9.17) is 0 Å². The summed E-state index contributed by atoms with van der Waals surface area (Å²) in [6.45, 7) is 7.96. The van der Waals surface area contributed by atoms with Gasteiger partial charge in [0.1, 0.15) is 5.82 Å². The molecule has 1 aliphatic rings. The minimum Gasteiger partial charge on any atom is -0.386 e. The minimum absolute atomic E-state index is 0.239. The van der Waals surface area contributed by atoms with E-state index in [1.807, 2.05) is 6.07 Å². The number of rotatable bonds is 4. The molecule has 3 heteroatoms. The Labute approximate surface area is 115 Å². The van der Waals surface area contributed by atoms with Gasteiger partial charge in [0.25, 0.3) is 0 Å². The molecule has 0 bridgehead atoms. The predicted molar refractivity (Wildman–Crippen MR) is 75.6 cm³/mol. The van der Waals surface area contributed by atoms with Gasteiger partial charge in [0.2, 0.25) is 0 Å². The van der Waals surface area contributed by atoms with Crippen molar-refractivity contribution in [2.45, 2.75) is 51.7 Å². The molecule has 0 amide bonds. The number of hydrogen-bond acceptors (Lipinski definition) is 2. The second-order valence-electron chi connectivity index (χ2n) is 5.82. The van der Waals surface area contributed by atoms with Crippen LogP contribution in [0.15, 0.2) is 18.2 Å². The monoisotopic (exact) mass is 265 g/mol. The molecule has 1 aromatic rings. The van der Waals surface area contributed by atoms with E-state index in [2.05, 4.69) is 18.7 Å². The third kappa shape index (κ3) is 2.67. The number of benzene rings is 1. The second kappa shape index (κ2) is 5.59. The van der Waals surface area contributed by atoms with Crippen LogP contribution in [0.5, 0.6) is 0 Å². The molecule has 1 aromatic carbocycles. The fraction of sp³-hybridized carbons (Fsp3) is 0.625. The lowest BCUT2D eigenvalue weighted by atomic mass is 9.85. The Hall–Kier alpha value is -0.930. The highest BCUT2D eigenvalue weighted by Crippen LogP contribution is 2.36. The summed E-state index contributed by atoms with van der Waals surface area (Å²) in [5, 5.41) is 10.7. The zero-order valence-electron chi connectivity index (χ0n) is 12.1. The number of aryl methyl sites for hydroxylation is 1. The lowest BCUT2D eigenvalue weighted by Crippen LogP contribution is -2.48. The number of likely N-dealkylation sites (tertiary alicyclic amines) is 1. The van der Waals surface area contributed by atoms with Crippen LogP contribution in [0, 0.1) is 12.7 Å². The summed E-state index contributed by atoms with van der Waals surface area (Å²) >= 11 is 0. The summed E-state index contributed by atoms with van der Waals surface area (Å²) < 4.78 is 13.7. The summed E-state index contributed by atoms with van der Waals surface area (Å²) in [7, 11) is 0. The normalized spacial score (nSPS) is 21.3. The molecule has 106 valence electrons. The molecule has 1 aliphatic heterocycles. The standard InChI is InChI=1S/C16H24FNO/c1-4-16(3,18-9-5-6-10-18)15(19)13-8-7-12(2)14(17)11-13/h7-8,11,15,19H,4-6,9-10H2,1-3H3. The first-order valence-corrected chi connectivity index (χ1v) is 7.18. The van der Waals surface area contributed by atoms with E-state index in [1.165, 1.54) is 18.9 Å². The van der Waals surface area contributed by atoms with Gasteiger partial charge in [0.05, 0.1) is 6.10 Å². The van der Waals surface area contributed by atoms with Crippen LogP contribution in [0.4, 0.5) is 4.39 Å². The van der Waals surface area contributed by atoms with Crippen LogP contribution in [0.1, 0.15) is 50.3 Å². The number of aliphatic hydroxyl groups excluding tert-OH is 1. The van der Waals surface area contributed by atoms with Gasteiger partial charge in [-0.2, -0.15) is 0 Å². The van der Waals surface area contributed by atoms with Crippen molar-refractivity contribution in [3.63, 3.8) is 0 Å². The Morgan fingerprint density at radius 2 is 2.00 bits per heavy atom. The maximum Gasteiger partial charge on any atom is 0.126 e. The van der Waals surface area contributed by atoms with Crippen molar-refractivity contribution in [3.8, 4) is 0 Å². The Balaban J connectivity index is 2.28. The van der Waals surface area contributed by atoms with Gasteiger partial charge in [0.15, 0.2) is 0 Å². The first-order valence-electron chi connectivity index (χ1n) is 7.18. The molecular formula is C16H24FNO. The van der Waals surface area contributed by atoms with E-state index < -0.39 is 6.10 Å². The molecule has 2 nitrogen and oxygen atoms in total. The van der Waals surface area contributed by atoms with Gasteiger partial charge >= 0.3 is 0 Å². The third-order valence-corrected chi connectivity index (χ3v) is 4.64. The van der Waals surface area contributed by atoms with Crippen molar-refractivity contribution >= 4 is 0 Å². The predicted octanol–water partition coefficient (Wildman–Crippen LogP) is 3.43. The molecule has 0 radical (unpaired) electrons. The topological polar surface area (TPSA) is 23.5 Å². The summed E-state index contributed by atoms with van der Waals surface area (Å²) in [4.78, 5) is 2.34. The third-order valence-electron chi connectivity index (χ3n) is 4.64. The number of halogens is 1. The van der Waals surface area contributed by atoms with Gasteiger partial charge in [-0.1, -0.05) is 19.1 Å². The van der Waals surface area contributed by atoms with Crippen molar-refractivity contribution in [2.75, 3.05) is 13.1 Å². The second-order valence-corrected chi connectivity index (χ2v) is 5.82. The molecule has 0 aromatic heterocycles. The van der Waals surface area contributed by atoms with Gasteiger partial charge in [0, 0.05) is 5.54 Å². The van der Waals surface area contributed by atoms with Crippen molar-refractivity contribution in [2.24, 2.45) is 0 Å². The lowest BCUT2D eigenvalue weighted by molar-refractivity contribution is -0.0141. The average Bonchev–Trinajstić information content (AvgIpc) is 2.94. The van der Waals surface area contributed by atoms with Gasteiger partial charge in [-0.05, 0) is 63.4 Å². The van der Waals surface area contributed by atoms with E-state index in [0.29, 0.717) is 11.1 Å². The highest BCUT2D eigenvalue weighted by atomic mass is 19.1. The van der Waals surface area contributed by atoms with Crippen LogP contribution in [0.25, 0.3) is 0 Å². The van der Waals surface area contributed by atoms with Crippen molar-refractivity contribution in [1.29, 1.82) is 0 Å². The molecule has 0 aliphatic carbocycles. The van der Waals surface area contributed by atoms with Crippen LogP contribution >= 0.6 is 0 Å². The van der Waals surface area contributed by atoms with Gasteiger partial charge in [-0.3, -0.25) is 4.90 Å². The van der Waals surface area contributed by atoms with Crippen LogP contribution < -0.4 is 0 Å². The van der Waals surface area contributed by atoms with Gasteiger partial charge in [-0.25, -0.2) is 4.39 Å². The summed E-state index contributed by atoms with van der Waals surface area (Å²) in [5.41, 5.74) is 0.993. The Morgan fingerprint density at radius 1 is 1.37 bits per heavy atom. The first kappa shape index (κ1) is 14.5. The number of hydrogen-bond donors (Lipinski definition) is 1. The molecule has 1 N–H and O–H groups in total. The van der Waals surface area contributed by atoms with Crippen molar-refractivity contribution < 1.29 is 9.50 Å². The molecule has 1 heterocycles. The molecule has 1 fully saturated rings. The van der Waals surface area contributed by atoms with E-state index in [1.54, 1.807) is 13.0 Å². The quantitative estimate of drug-likeness (QED) is 0.901. The Bertz CT molecular complexity index is 442. The highest BCUT2D eigenvalue weighted by molar-refractivity contribution is 5.27. The Morgan fingerprint density at radius 3 is 2.53 bits per heavy atom. The number of aliphatic hydroxyl groups is 1. The number of nitrogens with zero attached hydrogens (tertiary/aromatic N) is 1. The molecule has 2 atom stereocenters. The minimum atomic E-state index is -0.648. The average molecular weight is 265 g/mol. The highest BCUT2D eigenvalue weighted by Gasteiger charge is 2.39. The van der Waals surface area contributed by atoms with Gasteiger partial charge in [-0.15, -0.1) is 0 Å². The van der Waals surface area contributed by atoms with Crippen molar-refractivity contribution in [3.05, 3.63) is 35.1 Å². The fourth-order valence-corrected chi connectivity index (χ4v) is 2.96. The molecule has 2 unspecified atom stereocenters. The van der Waals surface area contributed by atoms with E-state index >= 15 is 0 Å². The smallest absolute Gasteiger partial charge is 0.126 e. The van der Waals surface area contributed by atoms with Crippen molar-refractivity contribution in [1.82, 2.24) is 4.90 Å². The first-order chi connectivity index (χ1) is 8.99. The molecule has 2 rings (SSSR count). The molecular weight excluding hydrogens is 241 g/mol. The Kier molecular flexibility index (Phi) is 4.26. The van der Waals surface area contributed by atoms with Gasteiger partial charge < -0.3 is 5.11 Å². The zero-order valence-corrected chi connectivity index (χ0v) is 12.1. The molecule has 1 saturated heterocycles. The SMILES string of the molecule is CCC(C)(C(O)c1ccc(C)c(F)c1)N1CCCC1. The molecule has 0 saturated carbocycles. The largest absolute Gasteiger partial charge is 0.386 e. The van der Waals surface area contributed by atoms with E-state index in [-0.39, 0.29) is 11.4 Å². The summed E-state index contributed by atoms with van der Waals surface area (Å²) in [5.74, 6) is -0.239. The van der Waals surface area contributed by atoms with Crippen LogP contribution in [-0.2, 0) is 0 Å². The molecule has 19 heavy (non-hydrogen) atoms. The summed E-state index contributed by atoms with van der Waals surface area (Å²) in [6.07, 6.45) is 2.57.